The molecule has 1 fully saturated rings. The minimum absolute atomic E-state index is 0.0581. The zero-order chi connectivity index (χ0) is 18.8. The number of nitrogens with two attached hydrogens (primary N) is 1. The number of amides is 1. The number of nitrogen functional groups attached to an aromatic ring is 1. The number of aromatic nitrogens is 3. The van der Waals surface area contributed by atoms with Gasteiger partial charge in [0.25, 0.3) is 5.91 Å². The Labute approximate surface area is 157 Å². The molecule has 0 saturated heterocycles. The summed E-state index contributed by atoms with van der Waals surface area (Å²) in [6.45, 7) is 2.85. The first kappa shape index (κ1) is 17.2. The molecule has 2 heterocycles. The molecular formula is C20H21N5O2. The molecule has 1 aliphatic carbocycles. The number of carbonyl (C=O) groups excluding carboxylic acids is 1. The summed E-state index contributed by atoms with van der Waals surface area (Å²) in [4.78, 5) is 23.1. The molecule has 1 aliphatic rings. The van der Waals surface area contributed by atoms with Gasteiger partial charge in [0.15, 0.2) is 5.82 Å². The molecule has 0 radical (unpaired) electrons. The van der Waals surface area contributed by atoms with Gasteiger partial charge in [-0.15, -0.1) is 0 Å². The van der Waals surface area contributed by atoms with E-state index in [1.807, 2.05) is 37.3 Å². The predicted octanol–water partition coefficient (Wildman–Crippen LogP) is 3.25. The molecule has 2 N–H and O–H groups in total. The summed E-state index contributed by atoms with van der Waals surface area (Å²) in [7, 11) is 0. The highest BCUT2D eigenvalue weighted by atomic mass is 16.5. The smallest absolute Gasteiger partial charge is 0.254 e. The third-order valence-corrected chi connectivity index (χ3v) is 4.66. The van der Waals surface area contributed by atoms with Gasteiger partial charge in [-0.05, 0) is 49.6 Å². The number of carbonyl (C=O) groups is 1. The lowest BCUT2D eigenvalue weighted by atomic mass is 10.1. The predicted molar refractivity (Wildman–Crippen MR) is 101 cm³/mol. The van der Waals surface area contributed by atoms with Crippen LogP contribution in [0.3, 0.4) is 0 Å². The van der Waals surface area contributed by atoms with E-state index in [-0.39, 0.29) is 5.91 Å². The van der Waals surface area contributed by atoms with Gasteiger partial charge in [-0.1, -0.05) is 17.3 Å². The van der Waals surface area contributed by atoms with Crippen LogP contribution in [-0.4, -0.2) is 32.5 Å². The quantitative estimate of drug-likeness (QED) is 0.722. The van der Waals surface area contributed by atoms with Crippen LogP contribution in [0.1, 0.15) is 47.8 Å². The van der Waals surface area contributed by atoms with Gasteiger partial charge in [-0.3, -0.25) is 4.79 Å². The molecule has 7 heteroatoms. The molecule has 0 atom stereocenters. The van der Waals surface area contributed by atoms with Crippen LogP contribution in [0, 0.1) is 0 Å². The topological polar surface area (TPSA) is 98.1 Å². The summed E-state index contributed by atoms with van der Waals surface area (Å²) < 4.78 is 5.28. The van der Waals surface area contributed by atoms with Crippen LogP contribution in [0.25, 0.3) is 11.1 Å². The largest absolute Gasteiger partial charge is 0.384 e. The Morgan fingerprint density at radius 3 is 2.56 bits per heavy atom. The monoisotopic (exact) mass is 363 g/mol. The van der Waals surface area contributed by atoms with Gasteiger partial charge in [0, 0.05) is 29.8 Å². The second-order valence-electron chi connectivity index (χ2n) is 6.69. The van der Waals surface area contributed by atoms with Crippen molar-refractivity contribution >= 4 is 11.7 Å². The van der Waals surface area contributed by atoms with E-state index in [4.69, 9.17) is 10.3 Å². The first-order valence-corrected chi connectivity index (χ1v) is 9.07. The number of pyridine rings is 1. The van der Waals surface area contributed by atoms with E-state index in [0.717, 1.165) is 24.0 Å². The maximum atomic E-state index is 12.8. The van der Waals surface area contributed by atoms with Gasteiger partial charge in [0.2, 0.25) is 5.89 Å². The van der Waals surface area contributed by atoms with Crippen molar-refractivity contribution in [2.75, 3.05) is 12.3 Å². The van der Waals surface area contributed by atoms with E-state index in [1.165, 1.54) is 0 Å². The Balaban J connectivity index is 1.47. The summed E-state index contributed by atoms with van der Waals surface area (Å²) in [5.74, 6) is 2.08. The van der Waals surface area contributed by atoms with Gasteiger partial charge in [-0.25, -0.2) is 4.98 Å². The number of hydrogen-bond donors (Lipinski definition) is 1. The Kier molecular flexibility index (Phi) is 4.58. The maximum absolute atomic E-state index is 12.8. The molecule has 138 valence electrons. The molecule has 0 unspecified atom stereocenters. The zero-order valence-corrected chi connectivity index (χ0v) is 15.1. The molecule has 0 spiro atoms. The lowest BCUT2D eigenvalue weighted by Gasteiger charge is -2.19. The maximum Gasteiger partial charge on any atom is 0.254 e. The molecule has 0 bridgehead atoms. The lowest BCUT2D eigenvalue weighted by molar-refractivity contribution is 0.0747. The average molecular weight is 363 g/mol. The van der Waals surface area contributed by atoms with Crippen molar-refractivity contribution in [3.63, 3.8) is 0 Å². The van der Waals surface area contributed by atoms with Crippen LogP contribution in [0.15, 0.2) is 47.1 Å². The molecule has 4 rings (SSSR count). The van der Waals surface area contributed by atoms with Gasteiger partial charge in [0.05, 0.1) is 6.54 Å². The molecule has 2 aromatic heterocycles. The van der Waals surface area contributed by atoms with Crippen LogP contribution in [0.5, 0.6) is 0 Å². The molecule has 0 aliphatic heterocycles. The summed E-state index contributed by atoms with van der Waals surface area (Å²) in [5, 5.41) is 4.00. The highest BCUT2D eigenvalue weighted by Crippen LogP contribution is 2.38. The van der Waals surface area contributed by atoms with E-state index in [1.54, 1.807) is 17.2 Å². The van der Waals surface area contributed by atoms with Crippen LogP contribution >= 0.6 is 0 Å². The number of hydrogen-bond acceptors (Lipinski definition) is 6. The molecule has 3 aromatic rings. The fraction of sp³-hybridized carbons (Fsp3) is 0.300. The normalized spacial score (nSPS) is 13.5. The standard InChI is InChI=1S/C20H21N5O2/c1-2-25(12-18-23-19(27-24-18)14-5-6-14)20(26)15-7-3-13(4-8-15)16-9-10-17(21)22-11-16/h3-4,7-11,14H,2,5-6,12H2,1H3,(H2,21,22). The van der Waals surface area contributed by atoms with Crippen LogP contribution < -0.4 is 5.73 Å². The summed E-state index contributed by atoms with van der Waals surface area (Å²) in [6, 6.07) is 11.1. The van der Waals surface area contributed by atoms with E-state index in [2.05, 4.69) is 15.1 Å². The lowest BCUT2D eigenvalue weighted by Crippen LogP contribution is -2.30. The number of nitrogens with zero attached hydrogens (tertiary/aromatic N) is 4. The first-order chi connectivity index (χ1) is 13.1. The zero-order valence-electron chi connectivity index (χ0n) is 15.1. The second kappa shape index (κ2) is 7.19. The van der Waals surface area contributed by atoms with Crippen molar-refractivity contribution in [3.05, 3.63) is 59.9 Å². The molecule has 27 heavy (non-hydrogen) atoms. The molecule has 1 saturated carbocycles. The van der Waals surface area contributed by atoms with E-state index in [0.29, 0.717) is 42.1 Å². The van der Waals surface area contributed by atoms with Crippen molar-refractivity contribution in [1.29, 1.82) is 0 Å². The Morgan fingerprint density at radius 2 is 1.93 bits per heavy atom. The van der Waals surface area contributed by atoms with Gasteiger partial charge >= 0.3 is 0 Å². The molecule has 1 aromatic carbocycles. The van der Waals surface area contributed by atoms with Crippen LogP contribution in [0.4, 0.5) is 5.82 Å². The van der Waals surface area contributed by atoms with Crippen molar-refractivity contribution in [2.45, 2.75) is 32.2 Å². The number of rotatable bonds is 6. The Hall–Kier alpha value is -3.22. The highest BCUT2D eigenvalue weighted by Gasteiger charge is 2.30. The molecule has 7 nitrogen and oxygen atoms in total. The van der Waals surface area contributed by atoms with Crippen molar-refractivity contribution in [3.8, 4) is 11.1 Å². The first-order valence-electron chi connectivity index (χ1n) is 9.07. The van der Waals surface area contributed by atoms with Crippen molar-refractivity contribution in [1.82, 2.24) is 20.0 Å². The molecular weight excluding hydrogens is 342 g/mol. The van der Waals surface area contributed by atoms with Crippen molar-refractivity contribution < 1.29 is 9.32 Å². The number of anilines is 1. The average Bonchev–Trinajstić information content (AvgIpc) is 3.45. The van der Waals surface area contributed by atoms with Gasteiger partial charge < -0.3 is 15.2 Å². The van der Waals surface area contributed by atoms with Crippen molar-refractivity contribution in [2.24, 2.45) is 0 Å². The number of benzene rings is 1. The summed E-state index contributed by atoms with van der Waals surface area (Å²) >= 11 is 0. The minimum Gasteiger partial charge on any atom is -0.384 e. The fourth-order valence-electron chi connectivity index (χ4n) is 2.89. The van der Waals surface area contributed by atoms with E-state index in [9.17, 15) is 4.79 Å². The van der Waals surface area contributed by atoms with Gasteiger partial charge in [-0.2, -0.15) is 4.98 Å². The molecule has 1 amide bonds. The highest BCUT2D eigenvalue weighted by molar-refractivity contribution is 5.94. The minimum atomic E-state index is -0.0581. The van der Waals surface area contributed by atoms with Crippen LogP contribution in [0.2, 0.25) is 0 Å². The van der Waals surface area contributed by atoms with Gasteiger partial charge in [0.1, 0.15) is 5.82 Å². The van der Waals surface area contributed by atoms with E-state index < -0.39 is 0 Å². The van der Waals surface area contributed by atoms with Crippen LogP contribution in [-0.2, 0) is 6.54 Å². The Bertz CT molecular complexity index is 930. The third kappa shape index (κ3) is 3.81. The summed E-state index contributed by atoms with van der Waals surface area (Å²) in [6.07, 6.45) is 3.93. The Morgan fingerprint density at radius 1 is 1.19 bits per heavy atom. The summed E-state index contributed by atoms with van der Waals surface area (Å²) in [5.41, 5.74) is 8.18. The second-order valence-corrected chi connectivity index (χ2v) is 6.69. The van der Waals surface area contributed by atoms with E-state index >= 15 is 0 Å². The fourth-order valence-corrected chi connectivity index (χ4v) is 2.89. The third-order valence-electron chi connectivity index (χ3n) is 4.66. The SMILES string of the molecule is CCN(Cc1noc(C2CC2)n1)C(=O)c1ccc(-c2ccc(N)nc2)cc1.